The van der Waals surface area contributed by atoms with Gasteiger partial charge in [0.25, 0.3) is 5.91 Å². The lowest BCUT2D eigenvalue weighted by atomic mass is 9.82. The van der Waals surface area contributed by atoms with E-state index < -0.39 is 0 Å². The smallest absolute Gasteiger partial charge is 0.255 e. The lowest BCUT2D eigenvalue weighted by Gasteiger charge is -2.32. The van der Waals surface area contributed by atoms with Crippen LogP contribution in [0.25, 0.3) is 0 Å². The van der Waals surface area contributed by atoms with Gasteiger partial charge in [-0.15, -0.1) is 0 Å². The van der Waals surface area contributed by atoms with Crippen molar-refractivity contribution in [3.63, 3.8) is 0 Å². The zero-order valence-corrected chi connectivity index (χ0v) is 12.7. The summed E-state index contributed by atoms with van der Waals surface area (Å²) in [7, 11) is 0. The monoisotopic (exact) mass is 276 g/mol. The van der Waals surface area contributed by atoms with Gasteiger partial charge in [0.2, 0.25) is 0 Å². The van der Waals surface area contributed by atoms with E-state index in [1.165, 1.54) is 0 Å². The van der Waals surface area contributed by atoms with Crippen LogP contribution < -0.4 is 15.4 Å². The van der Waals surface area contributed by atoms with Gasteiger partial charge in [-0.2, -0.15) is 0 Å². The van der Waals surface area contributed by atoms with Gasteiger partial charge in [-0.1, -0.05) is 33.8 Å². The van der Waals surface area contributed by atoms with Gasteiger partial charge >= 0.3 is 0 Å². The molecule has 0 aromatic heterocycles. The summed E-state index contributed by atoms with van der Waals surface area (Å²) in [6.45, 7) is 10.7. The second-order valence-corrected chi connectivity index (χ2v) is 6.22. The molecule has 1 aliphatic rings. The molecule has 0 fully saturated rings. The molecule has 0 saturated carbocycles. The molecule has 110 valence electrons. The Morgan fingerprint density at radius 2 is 2.15 bits per heavy atom. The van der Waals surface area contributed by atoms with Gasteiger partial charge in [-0.25, -0.2) is 0 Å². The second-order valence-electron chi connectivity index (χ2n) is 6.22. The number of benzene rings is 1. The second kappa shape index (κ2) is 5.83. The first-order valence-electron chi connectivity index (χ1n) is 7.22. The predicted octanol–water partition coefficient (Wildman–Crippen LogP) is 2.51. The van der Waals surface area contributed by atoms with Gasteiger partial charge in [-0.3, -0.25) is 4.79 Å². The number of ether oxygens (including phenoxy) is 1. The summed E-state index contributed by atoms with van der Waals surface area (Å²) in [6, 6.07) is 6.12. The predicted molar refractivity (Wildman–Crippen MR) is 80.1 cm³/mol. The lowest BCUT2D eigenvalue weighted by Crippen LogP contribution is -2.32. The molecule has 0 spiro atoms. The molecule has 4 nitrogen and oxygen atoms in total. The summed E-state index contributed by atoms with van der Waals surface area (Å²) in [5, 5.41) is 6.36. The zero-order chi connectivity index (χ0) is 14.8. The largest absolute Gasteiger partial charge is 0.491 e. The molecule has 0 saturated heterocycles. The van der Waals surface area contributed by atoms with E-state index in [9.17, 15) is 4.79 Å². The van der Waals surface area contributed by atoms with Crippen LogP contribution in [0.15, 0.2) is 18.2 Å². The van der Waals surface area contributed by atoms with Crippen LogP contribution in [0.2, 0.25) is 0 Å². The van der Waals surface area contributed by atoms with Crippen LogP contribution in [0.3, 0.4) is 0 Å². The number of hydrogen-bond acceptors (Lipinski definition) is 3. The van der Waals surface area contributed by atoms with Gasteiger partial charge in [0, 0.05) is 6.04 Å². The third-order valence-corrected chi connectivity index (χ3v) is 3.50. The average molecular weight is 276 g/mol. The van der Waals surface area contributed by atoms with Crippen molar-refractivity contribution in [1.82, 2.24) is 10.6 Å². The van der Waals surface area contributed by atoms with E-state index in [1.54, 1.807) is 0 Å². The van der Waals surface area contributed by atoms with Gasteiger partial charge < -0.3 is 15.4 Å². The molecule has 2 N–H and O–H groups in total. The Morgan fingerprint density at radius 1 is 1.40 bits per heavy atom. The highest BCUT2D eigenvalue weighted by Crippen LogP contribution is 2.35. The van der Waals surface area contributed by atoms with Crippen LogP contribution >= 0.6 is 0 Å². The molecule has 0 radical (unpaired) electrons. The van der Waals surface area contributed by atoms with Crippen molar-refractivity contribution in [3.05, 3.63) is 29.3 Å². The Bertz CT molecular complexity index is 492. The SMILES string of the molecule is CCNC(c1ccc2c(c1)C(=O)NCCO2)C(C)(C)C. The maximum Gasteiger partial charge on any atom is 0.255 e. The van der Waals surface area contributed by atoms with Crippen molar-refractivity contribution < 1.29 is 9.53 Å². The molecule has 1 aromatic carbocycles. The maximum absolute atomic E-state index is 12.1. The number of amides is 1. The number of carbonyl (C=O) groups excluding carboxylic acids is 1. The van der Waals surface area contributed by atoms with Crippen LogP contribution in [0.1, 0.15) is 49.7 Å². The zero-order valence-electron chi connectivity index (χ0n) is 12.7. The fourth-order valence-electron chi connectivity index (χ4n) is 2.58. The molecular formula is C16H24N2O2. The van der Waals surface area contributed by atoms with E-state index in [0.29, 0.717) is 24.5 Å². The molecule has 1 amide bonds. The van der Waals surface area contributed by atoms with Crippen molar-refractivity contribution in [3.8, 4) is 5.75 Å². The lowest BCUT2D eigenvalue weighted by molar-refractivity contribution is 0.0957. The van der Waals surface area contributed by atoms with E-state index in [-0.39, 0.29) is 17.4 Å². The number of rotatable bonds is 3. The summed E-state index contributed by atoms with van der Waals surface area (Å²) in [6.07, 6.45) is 0. The molecule has 0 aliphatic carbocycles. The van der Waals surface area contributed by atoms with Crippen molar-refractivity contribution in [1.29, 1.82) is 0 Å². The van der Waals surface area contributed by atoms with E-state index in [4.69, 9.17) is 4.74 Å². The van der Waals surface area contributed by atoms with Gasteiger partial charge in [0.05, 0.1) is 12.1 Å². The fraction of sp³-hybridized carbons (Fsp3) is 0.562. The van der Waals surface area contributed by atoms with Crippen LogP contribution in [0, 0.1) is 5.41 Å². The summed E-state index contributed by atoms with van der Waals surface area (Å²) < 4.78 is 5.60. The van der Waals surface area contributed by atoms with Crippen molar-refractivity contribution >= 4 is 5.91 Å². The first kappa shape index (κ1) is 14.9. The van der Waals surface area contributed by atoms with E-state index in [2.05, 4.69) is 44.4 Å². The van der Waals surface area contributed by atoms with Crippen molar-refractivity contribution in [2.75, 3.05) is 19.7 Å². The first-order valence-corrected chi connectivity index (χ1v) is 7.22. The van der Waals surface area contributed by atoms with Crippen LogP contribution in [-0.2, 0) is 0 Å². The quantitative estimate of drug-likeness (QED) is 0.892. The number of nitrogens with one attached hydrogen (secondary N) is 2. The molecule has 1 heterocycles. The Kier molecular flexibility index (Phi) is 4.33. The van der Waals surface area contributed by atoms with E-state index in [0.717, 1.165) is 12.1 Å². The normalized spacial score (nSPS) is 16.7. The molecule has 20 heavy (non-hydrogen) atoms. The summed E-state index contributed by atoms with van der Waals surface area (Å²) in [5.41, 5.74) is 1.83. The van der Waals surface area contributed by atoms with E-state index >= 15 is 0 Å². The third-order valence-electron chi connectivity index (χ3n) is 3.50. The third kappa shape index (κ3) is 3.12. The summed E-state index contributed by atoms with van der Waals surface area (Å²) >= 11 is 0. The molecule has 1 atom stereocenters. The molecular weight excluding hydrogens is 252 g/mol. The molecule has 1 unspecified atom stereocenters. The molecule has 4 heteroatoms. The first-order chi connectivity index (χ1) is 9.43. The Hall–Kier alpha value is -1.55. The minimum absolute atomic E-state index is 0.0523. The number of hydrogen-bond donors (Lipinski definition) is 2. The highest BCUT2D eigenvalue weighted by Gasteiger charge is 2.27. The minimum Gasteiger partial charge on any atom is -0.491 e. The minimum atomic E-state index is -0.0523. The highest BCUT2D eigenvalue weighted by molar-refractivity contribution is 5.97. The average Bonchev–Trinajstić information content (AvgIpc) is 2.57. The number of fused-ring (bicyclic) bond motifs is 1. The fourth-order valence-corrected chi connectivity index (χ4v) is 2.58. The van der Waals surface area contributed by atoms with Gasteiger partial charge in [-0.05, 0) is 29.7 Å². The van der Waals surface area contributed by atoms with Gasteiger partial charge in [0.15, 0.2) is 0 Å². The van der Waals surface area contributed by atoms with Crippen molar-refractivity contribution in [2.24, 2.45) is 5.41 Å². The van der Waals surface area contributed by atoms with Crippen LogP contribution in [-0.4, -0.2) is 25.6 Å². The molecule has 1 aliphatic heterocycles. The van der Waals surface area contributed by atoms with Gasteiger partial charge in [0.1, 0.15) is 12.4 Å². The highest BCUT2D eigenvalue weighted by atomic mass is 16.5. The van der Waals surface area contributed by atoms with E-state index in [1.807, 2.05) is 12.1 Å². The topological polar surface area (TPSA) is 50.4 Å². The molecule has 2 rings (SSSR count). The van der Waals surface area contributed by atoms with Crippen LogP contribution in [0.5, 0.6) is 5.75 Å². The molecule has 1 aromatic rings. The Morgan fingerprint density at radius 3 is 2.80 bits per heavy atom. The van der Waals surface area contributed by atoms with Crippen LogP contribution in [0.4, 0.5) is 0 Å². The number of carbonyl (C=O) groups is 1. The van der Waals surface area contributed by atoms with Crippen molar-refractivity contribution in [2.45, 2.75) is 33.7 Å². The summed E-state index contributed by atoms with van der Waals surface area (Å²) in [4.78, 5) is 12.1. The summed E-state index contributed by atoms with van der Waals surface area (Å²) in [5.74, 6) is 0.622. The maximum atomic E-state index is 12.1. The Balaban J connectivity index is 2.40. The standard InChI is InChI=1S/C16H24N2O2/c1-5-17-14(16(2,3)4)11-6-7-13-12(10-11)15(19)18-8-9-20-13/h6-7,10,14,17H,5,8-9H2,1-4H3,(H,18,19). The Labute approximate surface area is 120 Å². The molecule has 0 bridgehead atoms.